The predicted molar refractivity (Wildman–Crippen MR) is 102 cm³/mol. The Kier molecular flexibility index (Phi) is 5.68. The van der Waals surface area contributed by atoms with E-state index in [1.165, 1.54) is 0 Å². The minimum Gasteiger partial charge on any atom is -0.457 e. The molecule has 0 unspecified atom stereocenters. The molecule has 0 aliphatic carbocycles. The van der Waals surface area contributed by atoms with E-state index in [1.54, 1.807) is 60.7 Å². The minimum atomic E-state index is -0.564. The van der Waals surface area contributed by atoms with Gasteiger partial charge in [-0.3, -0.25) is 0 Å². The zero-order chi connectivity index (χ0) is 19.9. The molecule has 3 aromatic carbocycles. The number of esters is 2. The van der Waals surface area contributed by atoms with Gasteiger partial charge in [-0.2, -0.15) is 5.26 Å². The molecule has 0 aliphatic heterocycles. The number of fused-ring (bicyclic) bond motifs is 1. The van der Waals surface area contributed by atoms with E-state index in [4.69, 9.17) is 19.5 Å². The lowest BCUT2D eigenvalue weighted by Gasteiger charge is -2.08. The first kappa shape index (κ1) is 18.7. The second-order valence-electron chi connectivity index (χ2n) is 5.68. The van der Waals surface area contributed by atoms with Crippen LogP contribution in [0.2, 0.25) is 0 Å². The van der Waals surface area contributed by atoms with Crippen LogP contribution in [-0.4, -0.2) is 18.7 Å². The van der Waals surface area contributed by atoms with E-state index in [1.807, 2.05) is 6.07 Å². The largest absolute Gasteiger partial charge is 0.457 e. The first-order chi connectivity index (χ1) is 13.6. The first-order valence-electron chi connectivity index (χ1n) is 8.27. The molecular weight excluding hydrogens is 358 g/mol. The van der Waals surface area contributed by atoms with Crippen molar-refractivity contribution in [1.82, 2.24) is 0 Å². The molecule has 0 saturated carbocycles. The Morgan fingerprint density at radius 2 is 1.64 bits per heavy atom. The summed E-state index contributed by atoms with van der Waals surface area (Å²) >= 11 is 0. The van der Waals surface area contributed by atoms with Crippen LogP contribution in [0.1, 0.15) is 15.9 Å². The van der Waals surface area contributed by atoms with E-state index >= 15 is 0 Å². The predicted octanol–water partition coefficient (Wildman–Crippen LogP) is 4.00. The van der Waals surface area contributed by atoms with Crippen LogP contribution in [0.25, 0.3) is 10.8 Å². The summed E-state index contributed by atoms with van der Waals surface area (Å²) in [6, 6.07) is 18.7. The molecule has 0 aromatic heterocycles. The number of benzene rings is 3. The lowest BCUT2D eigenvalue weighted by atomic mass is 10.1. The van der Waals surface area contributed by atoms with E-state index in [0.29, 0.717) is 22.6 Å². The van der Waals surface area contributed by atoms with Crippen molar-refractivity contribution in [2.24, 2.45) is 0 Å². The van der Waals surface area contributed by atoms with Gasteiger partial charge < -0.3 is 14.2 Å². The van der Waals surface area contributed by atoms with Gasteiger partial charge in [0.15, 0.2) is 0 Å². The molecule has 3 aromatic rings. The highest BCUT2D eigenvalue weighted by Crippen LogP contribution is 2.23. The number of carbonyl (C=O) groups is 2. The molecule has 0 N–H and O–H groups in total. The van der Waals surface area contributed by atoms with Gasteiger partial charge in [-0.15, -0.1) is 0 Å². The lowest BCUT2D eigenvalue weighted by Crippen LogP contribution is -2.08. The summed E-state index contributed by atoms with van der Waals surface area (Å²) in [7, 11) is 0. The van der Waals surface area contributed by atoms with Gasteiger partial charge in [0.2, 0.25) is 6.79 Å². The summed E-state index contributed by atoms with van der Waals surface area (Å²) < 4.78 is 15.5. The van der Waals surface area contributed by atoms with Crippen molar-refractivity contribution in [3.8, 4) is 17.6 Å². The van der Waals surface area contributed by atoms with Crippen LogP contribution in [-0.2, 0) is 9.53 Å². The molecule has 0 saturated heterocycles. The molecule has 0 atom stereocenters. The van der Waals surface area contributed by atoms with Crippen LogP contribution in [0.15, 0.2) is 73.3 Å². The summed E-state index contributed by atoms with van der Waals surface area (Å²) in [6.07, 6.45) is 1.06. The normalized spacial score (nSPS) is 9.96. The second-order valence-corrected chi connectivity index (χ2v) is 5.68. The van der Waals surface area contributed by atoms with Gasteiger partial charge in [-0.25, -0.2) is 9.59 Å². The van der Waals surface area contributed by atoms with Crippen LogP contribution < -0.4 is 9.47 Å². The third-order valence-corrected chi connectivity index (χ3v) is 3.83. The van der Waals surface area contributed by atoms with E-state index in [9.17, 15) is 9.59 Å². The minimum absolute atomic E-state index is 0.217. The highest BCUT2D eigenvalue weighted by molar-refractivity contribution is 5.96. The number of ether oxygens (including phenoxy) is 3. The van der Waals surface area contributed by atoms with Crippen molar-refractivity contribution in [2.45, 2.75) is 0 Å². The fourth-order valence-corrected chi connectivity index (χ4v) is 2.42. The summed E-state index contributed by atoms with van der Waals surface area (Å²) in [6.45, 7) is 3.09. The third-order valence-electron chi connectivity index (χ3n) is 3.83. The van der Waals surface area contributed by atoms with Gasteiger partial charge in [-0.1, -0.05) is 18.7 Å². The molecular formula is C22H15NO5. The van der Waals surface area contributed by atoms with E-state index in [2.05, 4.69) is 6.58 Å². The summed E-state index contributed by atoms with van der Waals surface area (Å²) in [5.74, 6) is -0.173. The average Bonchev–Trinajstić information content (AvgIpc) is 2.73. The Hall–Kier alpha value is -4.11. The maximum Gasteiger partial charge on any atom is 0.343 e. The van der Waals surface area contributed by atoms with Crippen LogP contribution >= 0.6 is 0 Å². The third kappa shape index (κ3) is 4.54. The molecule has 0 radical (unpaired) electrons. The Labute approximate surface area is 161 Å². The molecule has 3 rings (SSSR count). The zero-order valence-corrected chi connectivity index (χ0v) is 14.8. The molecule has 0 aliphatic rings. The second kappa shape index (κ2) is 8.52. The smallest absolute Gasteiger partial charge is 0.343 e. The van der Waals surface area contributed by atoms with Gasteiger partial charge in [-0.05, 0) is 59.3 Å². The molecule has 0 heterocycles. The monoisotopic (exact) mass is 373 g/mol. The molecule has 0 bridgehead atoms. The number of carbonyl (C=O) groups excluding carboxylic acids is 2. The molecule has 6 heteroatoms. The number of hydrogen-bond acceptors (Lipinski definition) is 6. The summed E-state index contributed by atoms with van der Waals surface area (Å²) in [4.78, 5) is 23.3. The fraction of sp³-hybridized carbons (Fsp3) is 0.0455. The van der Waals surface area contributed by atoms with Crippen LogP contribution in [0, 0.1) is 11.3 Å². The van der Waals surface area contributed by atoms with Crippen LogP contribution in [0.5, 0.6) is 11.5 Å². The summed E-state index contributed by atoms with van der Waals surface area (Å²) in [5.41, 5.74) is 0.883. The number of nitrogens with zero attached hydrogens (tertiary/aromatic N) is 1. The lowest BCUT2D eigenvalue weighted by molar-refractivity contribution is -0.144. The van der Waals surface area contributed by atoms with Gasteiger partial charge in [0.1, 0.15) is 11.5 Å². The van der Waals surface area contributed by atoms with E-state index in [-0.39, 0.29) is 6.79 Å². The fourth-order valence-electron chi connectivity index (χ4n) is 2.42. The van der Waals surface area contributed by atoms with E-state index in [0.717, 1.165) is 16.8 Å². The number of nitriles is 1. The Balaban J connectivity index is 1.70. The molecule has 0 spiro atoms. The first-order valence-corrected chi connectivity index (χ1v) is 8.27. The van der Waals surface area contributed by atoms with Crippen LogP contribution in [0.4, 0.5) is 0 Å². The Morgan fingerprint density at radius 3 is 2.36 bits per heavy atom. The molecule has 0 amide bonds. The number of hydrogen-bond donors (Lipinski definition) is 0. The highest BCUT2D eigenvalue weighted by Gasteiger charge is 2.10. The van der Waals surface area contributed by atoms with Gasteiger partial charge in [0.05, 0.1) is 17.2 Å². The maximum atomic E-state index is 12.3. The molecule has 138 valence electrons. The van der Waals surface area contributed by atoms with Gasteiger partial charge in [0, 0.05) is 6.08 Å². The van der Waals surface area contributed by atoms with Crippen molar-refractivity contribution in [3.63, 3.8) is 0 Å². The average molecular weight is 373 g/mol. The van der Waals surface area contributed by atoms with Crippen LogP contribution in [0.3, 0.4) is 0 Å². The van der Waals surface area contributed by atoms with Crippen molar-refractivity contribution in [2.75, 3.05) is 6.79 Å². The maximum absolute atomic E-state index is 12.3. The van der Waals surface area contributed by atoms with E-state index < -0.39 is 11.9 Å². The standard InChI is InChI=1S/C22H15NO5/c1-2-21(24)27-14-26-20-10-7-16-11-18(6-5-17(16)12-20)22(25)28-19-8-3-15(13-23)4-9-19/h2-12H,1,14H2. The van der Waals surface area contributed by atoms with Crippen molar-refractivity contribution < 1.29 is 23.8 Å². The van der Waals surface area contributed by atoms with Crippen molar-refractivity contribution >= 4 is 22.7 Å². The molecule has 6 nitrogen and oxygen atoms in total. The quantitative estimate of drug-likeness (QED) is 0.281. The topological polar surface area (TPSA) is 85.6 Å². The highest BCUT2D eigenvalue weighted by atomic mass is 16.7. The Morgan fingerprint density at radius 1 is 0.964 bits per heavy atom. The van der Waals surface area contributed by atoms with Gasteiger partial charge in [0.25, 0.3) is 0 Å². The summed E-state index contributed by atoms with van der Waals surface area (Å²) in [5, 5.41) is 10.5. The van der Waals surface area contributed by atoms with Crippen molar-refractivity contribution in [1.29, 1.82) is 5.26 Å². The molecule has 28 heavy (non-hydrogen) atoms. The Bertz CT molecular complexity index is 1080. The zero-order valence-electron chi connectivity index (χ0n) is 14.8. The van der Waals surface area contributed by atoms with Gasteiger partial charge >= 0.3 is 11.9 Å². The number of rotatable bonds is 6. The SMILES string of the molecule is C=CC(=O)OCOc1ccc2cc(C(=O)Oc3ccc(C#N)cc3)ccc2c1. The molecule has 0 fully saturated rings. The van der Waals surface area contributed by atoms with Crippen molar-refractivity contribution in [3.05, 3.63) is 84.4 Å².